The molecule has 2 aromatic rings. The summed E-state index contributed by atoms with van der Waals surface area (Å²) < 4.78 is 0. The van der Waals surface area contributed by atoms with Gasteiger partial charge in [-0.3, -0.25) is 19.5 Å². The smallest absolute Gasteiger partial charge is 0.325 e. The van der Waals surface area contributed by atoms with Crippen LogP contribution in [0.2, 0.25) is 0 Å². The summed E-state index contributed by atoms with van der Waals surface area (Å²) in [6.07, 6.45) is 5.55. The van der Waals surface area contributed by atoms with Gasteiger partial charge in [0.15, 0.2) is 5.78 Å². The summed E-state index contributed by atoms with van der Waals surface area (Å²) in [6.45, 7) is -0.396. The number of urea groups is 1. The molecule has 0 bridgehead atoms. The van der Waals surface area contributed by atoms with Gasteiger partial charge < -0.3 is 10.4 Å². The number of carbonyl (C=O) groups is 3. The monoisotopic (exact) mass is 393 g/mol. The van der Waals surface area contributed by atoms with E-state index in [1.54, 1.807) is 12.1 Å². The minimum Gasteiger partial charge on any atom is -0.392 e. The minimum atomic E-state index is -0.828. The number of amides is 3. The molecule has 1 saturated carbocycles. The highest BCUT2D eigenvalue weighted by Gasteiger charge is 2.51. The fourth-order valence-electron chi connectivity index (χ4n) is 4.18. The number of nitrogens with zero attached hydrogens (tertiary/aromatic N) is 2. The number of nitrogens with one attached hydrogen (secondary N) is 1. The summed E-state index contributed by atoms with van der Waals surface area (Å²) in [6, 6.07) is 10.2. The van der Waals surface area contributed by atoms with Crippen molar-refractivity contribution in [3.63, 3.8) is 0 Å². The lowest BCUT2D eigenvalue weighted by atomic mass is 9.82. The van der Waals surface area contributed by atoms with Crippen molar-refractivity contribution in [2.45, 2.75) is 44.2 Å². The predicted molar refractivity (Wildman–Crippen MR) is 106 cm³/mol. The predicted octanol–water partition coefficient (Wildman–Crippen LogP) is 2.68. The molecule has 0 radical (unpaired) electrons. The molecule has 1 saturated heterocycles. The first-order chi connectivity index (χ1) is 14.0. The number of ketones is 1. The molecule has 7 heteroatoms. The SMILES string of the molecule is O=C(CN1C(=O)NC2(CCCCC2)C1=O)c1ccc(-c2ccccc2CO)nc1. The second kappa shape index (κ2) is 7.75. The maximum Gasteiger partial charge on any atom is 0.325 e. The number of carbonyl (C=O) groups excluding carboxylic acids is 3. The van der Waals surface area contributed by atoms with Gasteiger partial charge in [-0.05, 0) is 30.5 Å². The first-order valence-corrected chi connectivity index (χ1v) is 9.86. The van der Waals surface area contributed by atoms with Crippen LogP contribution in [0, 0.1) is 0 Å². The molecule has 2 fully saturated rings. The topological polar surface area (TPSA) is 99.6 Å². The summed E-state index contributed by atoms with van der Waals surface area (Å²) >= 11 is 0. The van der Waals surface area contributed by atoms with E-state index in [2.05, 4.69) is 10.3 Å². The zero-order valence-corrected chi connectivity index (χ0v) is 16.1. The van der Waals surface area contributed by atoms with Gasteiger partial charge in [0.2, 0.25) is 0 Å². The fraction of sp³-hybridized carbons (Fsp3) is 0.364. The maximum atomic E-state index is 12.8. The molecular formula is C22H23N3O4. The van der Waals surface area contributed by atoms with E-state index in [1.807, 2.05) is 24.3 Å². The summed E-state index contributed by atoms with van der Waals surface area (Å²) in [5.41, 5.74) is 1.69. The van der Waals surface area contributed by atoms with Crippen molar-refractivity contribution in [3.05, 3.63) is 53.7 Å². The zero-order valence-electron chi connectivity index (χ0n) is 16.1. The number of aliphatic hydroxyl groups excluding tert-OH is 1. The van der Waals surface area contributed by atoms with Crippen LogP contribution in [0.5, 0.6) is 0 Å². The number of hydrogen-bond donors (Lipinski definition) is 2. The van der Waals surface area contributed by atoms with Gasteiger partial charge in [0.25, 0.3) is 5.91 Å². The van der Waals surface area contributed by atoms with Gasteiger partial charge in [-0.25, -0.2) is 4.79 Å². The van der Waals surface area contributed by atoms with E-state index >= 15 is 0 Å². The number of aliphatic hydroxyl groups is 1. The molecule has 4 rings (SSSR count). The molecule has 2 N–H and O–H groups in total. The number of Topliss-reactive ketones (excluding diaryl/α,β-unsaturated/α-hetero) is 1. The Bertz CT molecular complexity index is 949. The molecule has 7 nitrogen and oxygen atoms in total. The zero-order chi connectivity index (χ0) is 20.4. The van der Waals surface area contributed by atoms with Crippen LogP contribution in [0.15, 0.2) is 42.6 Å². The highest BCUT2D eigenvalue weighted by atomic mass is 16.3. The Morgan fingerprint density at radius 3 is 2.55 bits per heavy atom. The van der Waals surface area contributed by atoms with Crippen molar-refractivity contribution in [1.29, 1.82) is 0 Å². The van der Waals surface area contributed by atoms with E-state index in [4.69, 9.17) is 0 Å². The molecule has 2 aliphatic rings. The van der Waals surface area contributed by atoms with E-state index in [9.17, 15) is 19.5 Å². The summed E-state index contributed by atoms with van der Waals surface area (Å²) in [7, 11) is 0. The lowest BCUT2D eigenvalue weighted by Gasteiger charge is -2.30. The number of benzene rings is 1. The van der Waals surface area contributed by atoms with E-state index < -0.39 is 11.6 Å². The molecular weight excluding hydrogens is 370 g/mol. The number of imide groups is 1. The molecule has 150 valence electrons. The molecule has 29 heavy (non-hydrogen) atoms. The van der Waals surface area contributed by atoms with Crippen LogP contribution in [-0.4, -0.2) is 44.8 Å². The first kappa shape index (κ1) is 19.3. The third-order valence-corrected chi connectivity index (χ3v) is 5.80. The molecule has 0 unspecified atom stereocenters. The molecule has 1 aliphatic heterocycles. The minimum absolute atomic E-state index is 0.105. The van der Waals surface area contributed by atoms with Crippen molar-refractivity contribution >= 4 is 17.7 Å². The Kier molecular flexibility index (Phi) is 5.15. The first-order valence-electron chi connectivity index (χ1n) is 9.86. The van der Waals surface area contributed by atoms with Gasteiger partial charge in [0.1, 0.15) is 5.54 Å². The van der Waals surface area contributed by atoms with Gasteiger partial charge in [-0.1, -0.05) is 43.5 Å². The largest absolute Gasteiger partial charge is 0.392 e. The average Bonchev–Trinajstić information content (AvgIpc) is 2.98. The summed E-state index contributed by atoms with van der Waals surface area (Å²) in [5, 5.41) is 12.3. The van der Waals surface area contributed by atoms with E-state index in [-0.39, 0.29) is 24.8 Å². The highest BCUT2D eigenvalue weighted by molar-refractivity contribution is 6.11. The number of pyridine rings is 1. The number of hydrogen-bond acceptors (Lipinski definition) is 5. The van der Waals surface area contributed by atoms with Crippen LogP contribution in [0.4, 0.5) is 4.79 Å². The third-order valence-electron chi connectivity index (χ3n) is 5.80. The molecule has 3 amide bonds. The number of aromatic nitrogens is 1. The Hall–Kier alpha value is -3.06. The van der Waals surface area contributed by atoms with Crippen molar-refractivity contribution in [3.8, 4) is 11.3 Å². The van der Waals surface area contributed by atoms with Gasteiger partial charge >= 0.3 is 6.03 Å². The Labute approximate surface area is 168 Å². The Morgan fingerprint density at radius 1 is 1.10 bits per heavy atom. The summed E-state index contributed by atoms with van der Waals surface area (Å²) in [4.78, 5) is 43.2. The molecule has 1 aliphatic carbocycles. The average molecular weight is 393 g/mol. The molecule has 0 atom stereocenters. The normalized spacial score (nSPS) is 18.2. The van der Waals surface area contributed by atoms with Crippen LogP contribution >= 0.6 is 0 Å². The molecule has 1 spiro atoms. The van der Waals surface area contributed by atoms with Gasteiger partial charge in [-0.2, -0.15) is 0 Å². The van der Waals surface area contributed by atoms with Crippen LogP contribution in [0.1, 0.15) is 48.0 Å². The van der Waals surface area contributed by atoms with E-state index in [0.29, 0.717) is 24.1 Å². The molecule has 2 heterocycles. The van der Waals surface area contributed by atoms with Crippen molar-refractivity contribution < 1.29 is 19.5 Å². The fourth-order valence-corrected chi connectivity index (χ4v) is 4.18. The van der Waals surface area contributed by atoms with Crippen LogP contribution in [-0.2, 0) is 11.4 Å². The second-order valence-corrected chi connectivity index (χ2v) is 7.63. The van der Waals surface area contributed by atoms with Gasteiger partial charge in [0.05, 0.1) is 18.8 Å². The van der Waals surface area contributed by atoms with E-state index in [1.165, 1.54) is 6.20 Å². The molecule has 1 aromatic carbocycles. The standard InChI is InChI=1S/C22H23N3O4/c26-14-16-6-2-3-7-17(16)18-9-8-15(12-23-18)19(27)13-25-20(28)22(24-21(25)29)10-4-1-5-11-22/h2-3,6-9,12,26H,1,4-5,10-11,13-14H2,(H,24,29). The van der Waals surface area contributed by atoms with Crippen molar-refractivity contribution in [2.75, 3.05) is 6.54 Å². The quantitative estimate of drug-likeness (QED) is 0.601. The highest BCUT2D eigenvalue weighted by Crippen LogP contribution is 2.33. The summed E-state index contributed by atoms with van der Waals surface area (Å²) in [5.74, 6) is -0.632. The van der Waals surface area contributed by atoms with Crippen LogP contribution in [0.25, 0.3) is 11.3 Å². The Morgan fingerprint density at radius 2 is 1.86 bits per heavy atom. The number of rotatable bonds is 5. The van der Waals surface area contributed by atoms with Crippen molar-refractivity contribution in [2.24, 2.45) is 0 Å². The Balaban J connectivity index is 1.49. The third kappa shape index (κ3) is 3.53. The van der Waals surface area contributed by atoms with Gasteiger partial charge in [-0.15, -0.1) is 0 Å². The van der Waals surface area contributed by atoms with E-state index in [0.717, 1.165) is 35.3 Å². The lowest BCUT2D eigenvalue weighted by Crippen LogP contribution is -2.48. The van der Waals surface area contributed by atoms with Crippen molar-refractivity contribution in [1.82, 2.24) is 15.2 Å². The molecule has 1 aromatic heterocycles. The van der Waals surface area contributed by atoms with Crippen LogP contribution in [0.3, 0.4) is 0 Å². The van der Waals surface area contributed by atoms with Gasteiger partial charge in [0, 0.05) is 17.3 Å². The maximum absolute atomic E-state index is 12.8. The lowest BCUT2D eigenvalue weighted by molar-refractivity contribution is -0.132. The second-order valence-electron chi connectivity index (χ2n) is 7.63. The van der Waals surface area contributed by atoms with Crippen LogP contribution < -0.4 is 5.32 Å².